The number of H-pyrrole nitrogens is 1. The monoisotopic (exact) mass is 330 g/mol. The Morgan fingerprint density at radius 1 is 1.35 bits per heavy atom. The highest BCUT2D eigenvalue weighted by Crippen LogP contribution is 2.22. The molecule has 2 N–H and O–H groups in total. The summed E-state index contributed by atoms with van der Waals surface area (Å²) in [5, 5.41) is 14.2. The van der Waals surface area contributed by atoms with Crippen LogP contribution in [0.4, 0.5) is 0 Å². The Labute approximate surface area is 137 Å². The van der Waals surface area contributed by atoms with Gasteiger partial charge in [0.15, 0.2) is 10.8 Å². The van der Waals surface area contributed by atoms with E-state index in [1.54, 1.807) is 4.68 Å². The van der Waals surface area contributed by atoms with E-state index in [0.29, 0.717) is 22.7 Å². The number of benzene rings is 1. The van der Waals surface area contributed by atoms with Crippen LogP contribution in [0.5, 0.6) is 0 Å². The largest absolute Gasteiger partial charge is 0.394 e. The van der Waals surface area contributed by atoms with E-state index in [1.165, 1.54) is 34.6 Å². The third-order valence-electron chi connectivity index (χ3n) is 3.66. The average molecular weight is 330 g/mol. The number of rotatable bonds is 5. The van der Waals surface area contributed by atoms with E-state index in [9.17, 15) is 4.79 Å². The fourth-order valence-electron chi connectivity index (χ4n) is 2.37. The second-order valence-corrected chi connectivity index (χ2v) is 6.38. The van der Waals surface area contributed by atoms with Gasteiger partial charge in [0.2, 0.25) is 0 Å². The Balaban J connectivity index is 1.89. The first-order valence-corrected chi connectivity index (χ1v) is 8.32. The topological polar surface area (TPSA) is 83.8 Å². The zero-order valence-electron chi connectivity index (χ0n) is 13.0. The molecule has 3 aromatic rings. The lowest BCUT2D eigenvalue weighted by molar-refractivity contribution is 0.271. The highest BCUT2D eigenvalue weighted by atomic mass is 32.2. The molecule has 0 saturated carbocycles. The maximum atomic E-state index is 12.1. The maximum Gasteiger partial charge on any atom is 0.262 e. The Bertz CT molecular complexity index is 901. The van der Waals surface area contributed by atoms with Crippen LogP contribution in [0.25, 0.3) is 11.0 Å². The second kappa shape index (κ2) is 6.55. The number of aromatic nitrogens is 4. The fourth-order valence-corrected chi connectivity index (χ4v) is 3.29. The van der Waals surface area contributed by atoms with Crippen LogP contribution in [0.2, 0.25) is 0 Å². The molecule has 0 bridgehead atoms. The van der Waals surface area contributed by atoms with Gasteiger partial charge in [-0.05, 0) is 25.0 Å². The molecular formula is C16H18N4O2S. The van der Waals surface area contributed by atoms with E-state index in [1.807, 2.05) is 0 Å². The molecule has 0 saturated heterocycles. The molecule has 1 aromatic carbocycles. The van der Waals surface area contributed by atoms with E-state index >= 15 is 0 Å². The van der Waals surface area contributed by atoms with Crippen molar-refractivity contribution in [2.45, 2.75) is 31.3 Å². The zero-order valence-corrected chi connectivity index (χ0v) is 13.9. The number of thioether (sulfide) groups is 1. The van der Waals surface area contributed by atoms with Crippen molar-refractivity contribution in [1.29, 1.82) is 0 Å². The summed E-state index contributed by atoms with van der Waals surface area (Å²) in [4.78, 5) is 19.4. The molecule has 0 spiro atoms. The Morgan fingerprint density at radius 3 is 2.96 bits per heavy atom. The van der Waals surface area contributed by atoms with Gasteiger partial charge in [-0.15, -0.1) is 0 Å². The molecule has 120 valence electrons. The van der Waals surface area contributed by atoms with Crippen molar-refractivity contribution in [3.8, 4) is 0 Å². The number of aryl methyl sites for hydroxylation is 2. The molecule has 7 heteroatoms. The van der Waals surface area contributed by atoms with Gasteiger partial charge in [0.25, 0.3) is 5.56 Å². The summed E-state index contributed by atoms with van der Waals surface area (Å²) in [5.41, 5.74) is 3.96. The number of nitrogens with one attached hydrogen (secondary N) is 1. The molecule has 0 fully saturated rings. The normalized spacial score (nSPS) is 11.3. The SMILES string of the molecule is Cc1ccc(C)c(CSc2nc3c(cnn3CCO)c(=O)[nH]2)c1. The fraction of sp³-hybridized carbons (Fsp3) is 0.312. The van der Waals surface area contributed by atoms with E-state index in [2.05, 4.69) is 47.1 Å². The van der Waals surface area contributed by atoms with Gasteiger partial charge < -0.3 is 10.1 Å². The van der Waals surface area contributed by atoms with Crippen LogP contribution in [0.3, 0.4) is 0 Å². The van der Waals surface area contributed by atoms with Crippen molar-refractivity contribution in [2.75, 3.05) is 6.61 Å². The van der Waals surface area contributed by atoms with Gasteiger partial charge in [0.1, 0.15) is 5.39 Å². The van der Waals surface area contributed by atoms with Gasteiger partial charge in [-0.2, -0.15) is 5.10 Å². The van der Waals surface area contributed by atoms with Crippen LogP contribution in [-0.2, 0) is 12.3 Å². The molecule has 2 heterocycles. The van der Waals surface area contributed by atoms with Gasteiger partial charge >= 0.3 is 0 Å². The Hall–Kier alpha value is -2.12. The van der Waals surface area contributed by atoms with Crippen molar-refractivity contribution in [1.82, 2.24) is 19.7 Å². The molecule has 0 aliphatic carbocycles. The molecule has 0 radical (unpaired) electrons. The molecule has 2 aromatic heterocycles. The van der Waals surface area contributed by atoms with E-state index < -0.39 is 0 Å². The lowest BCUT2D eigenvalue weighted by Gasteiger charge is -2.07. The number of aliphatic hydroxyl groups is 1. The number of nitrogens with zero attached hydrogens (tertiary/aromatic N) is 3. The molecular weight excluding hydrogens is 312 g/mol. The predicted octanol–water partition coefficient (Wildman–Crippen LogP) is 2.02. The summed E-state index contributed by atoms with van der Waals surface area (Å²) < 4.78 is 1.55. The number of aliphatic hydroxyl groups excluding tert-OH is 1. The summed E-state index contributed by atoms with van der Waals surface area (Å²) in [6.07, 6.45) is 1.48. The van der Waals surface area contributed by atoms with Gasteiger partial charge in [0, 0.05) is 5.75 Å². The lowest BCUT2D eigenvalue weighted by Crippen LogP contribution is -2.11. The molecule has 3 rings (SSSR count). The summed E-state index contributed by atoms with van der Waals surface area (Å²) >= 11 is 1.49. The predicted molar refractivity (Wildman–Crippen MR) is 90.7 cm³/mol. The second-order valence-electron chi connectivity index (χ2n) is 5.42. The Kier molecular flexibility index (Phi) is 4.49. The molecule has 0 aliphatic rings. The highest BCUT2D eigenvalue weighted by Gasteiger charge is 2.10. The Morgan fingerprint density at radius 2 is 2.17 bits per heavy atom. The number of fused-ring (bicyclic) bond motifs is 1. The van der Waals surface area contributed by atoms with Crippen molar-refractivity contribution in [2.24, 2.45) is 0 Å². The summed E-state index contributed by atoms with van der Waals surface area (Å²) in [5.74, 6) is 0.732. The van der Waals surface area contributed by atoms with Crippen LogP contribution in [-0.4, -0.2) is 31.5 Å². The minimum atomic E-state index is -0.206. The quantitative estimate of drug-likeness (QED) is 0.552. The maximum absolute atomic E-state index is 12.1. The van der Waals surface area contributed by atoms with E-state index in [-0.39, 0.29) is 12.2 Å². The van der Waals surface area contributed by atoms with Gasteiger partial charge in [-0.25, -0.2) is 9.67 Å². The summed E-state index contributed by atoms with van der Waals surface area (Å²) in [6.45, 7) is 4.41. The van der Waals surface area contributed by atoms with E-state index in [4.69, 9.17) is 5.11 Å². The van der Waals surface area contributed by atoms with Gasteiger partial charge in [-0.1, -0.05) is 35.5 Å². The van der Waals surface area contributed by atoms with Crippen molar-refractivity contribution >= 4 is 22.8 Å². The summed E-state index contributed by atoms with van der Waals surface area (Å²) in [7, 11) is 0. The van der Waals surface area contributed by atoms with Crippen LogP contribution in [0, 0.1) is 13.8 Å². The first-order chi connectivity index (χ1) is 11.1. The summed E-state index contributed by atoms with van der Waals surface area (Å²) in [6, 6.07) is 6.33. The minimum absolute atomic E-state index is 0.0454. The zero-order chi connectivity index (χ0) is 16.4. The first-order valence-electron chi connectivity index (χ1n) is 7.34. The minimum Gasteiger partial charge on any atom is -0.394 e. The molecule has 0 amide bonds. The van der Waals surface area contributed by atoms with Crippen LogP contribution < -0.4 is 5.56 Å². The van der Waals surface area contributed by atoms with Crippen LogP contribution in [0.1, 0.15) is 16.7 Å². The standard InChI is InChI=1S/C16H18N4O2S/c1-10-3-4-11(2)12(7-10)9-23-16-18-14-13(15(22)19-16)8-17-20(14)5-6-21/h3-4,7-8,21H,5-6,9H2,1-2H3,(H,18,19,22). The first kappa shape index (κ1) is 15.8. The third kappa shape index (κ3) is 3.30. The highest BCUT2D eigenvalue weighted by molar-refractivity contribution is 7.98. The number of hydrogen-bond acceptors (Lipinski definition) is 5. The van der Waals surface area contributed by atoms with Crippen molar-refractivity contribution < 1.29 is 5.11 Å². The number of hydrogen-bond donors (Lipinski definition) is 2. The lowest BCUT2D eigenvalue weighted by atomic mass is 10.1. The molecule has 0 atom stereocenters. The number of aromatic amines is 1. The molecule has 0 aliphatic heterocycles. The van der Waals surface area contributed by atoms with Crippen molar-refractivity contribution in [3.05, 3.63) is 51.4 Å². The van der Waals surface area contributed by atoms with Crippen LogP contribution >= 0.6 is 11.8 Å². The van der Waals surface area contributed by atoms with Gasteiger partial charge in [0.05, 0.1) is 19.3 Å². The average Bonchev–Trinajstić information content (AvgIpc) is 2.92. The third-order valence-corrected chi connectivity index (χ3v) is 4.59. The van der Waals surface area contributed by atoms with E-state index in [0.717, 1.165) is 5.75 Å². The smallest absolute Gasteiger partial charge is 0.262 e. The molecule has 6 nitrogen and oxygen atoms in total. The van der Waals surface area contributed by atoms with Crippen LogP contribution in [0.15, 0.2) is 34.3 Å². The van der Waals surface area contributed by atoms with Gasteiger partial charge in [-0.3, -0.25) is 4.79 Å². The van der Waals surface area contributed by atoms with Crippen molar-refractivity contribution in [3.63, 3.8) is 0 Å². The molecule has 23 heavy (non-hydrogen) atoms. The molecule has 0 unspecified atom stereocenters.